The van der Waals surface area contributed by atoms with Crippen molar-refractivity contribution in [2.75, 3.05) is 13.1 Å². The van der Waals surface area contributed by atoms with Crippen molar-refractivity contribution in [3.63, 3.8) is 0 Å². The Bertz CT molecular complexity index is 546. The summed E-state index contributed by atoms with van der Waals surface area (Å²) in [6.07, 6.45) is 3.71. The second-order valence-electron chi connectivity index (χ2n) is 4.99. The van der Waals surface area contributed by atoms with Gasteiger partial charge in [0, 0.05) is 40.1 Å². The van der Waals surface area contributed by atoms with Crippen LogP contribution in [0.5, 0.6) is 0 Å². The summed E-state index contributed by atoms with van der Waals surface area (Å²) < 4.78 is 0. The number of nitrogens with one attached hydrogen (secondary N) is 2. The van der Waals surface area contributed by atoms with Crippen molar-refractivity contribution < 1.29 is 5.11 Å². The fourth-order valence-corrected chi connectivity index (χ4v) is 2.94. The SMILES string of the molecule is OC(c1c[nH]c2cc(Cl)ccc12)C1CCCNC1. The number of fused-ring (bicyclic) bond motifs is 1. The average Bonchev–Trinajstić information content (AvgIpc) is 2.81. The zero-order valence-electron chi connectivity index (χ0n) is 10.1. The molecule has 1 fully saturated rings. The minimum Gasteiger partial charge on any atom is -0.388 e. The van der Waals surface area contributed by atoms with Gasteiger partial charge in [0.2, 0.25) is 0 Å². The van der Waals surface area contributed by atoms with Crippen LogP contribution in [0.2, 0.25) is 5.02 Å². The molecule has 2 unspecified atom stereocenters. The Hall–Kier alpha value is -1.03. The molecule has 0 radical (unpaired) electrons. The quantitative estimate of drug-likeness (QED) is 0.781. The maximum atomic E-state index is 10.5. The standard InChI is InChI=1S/C14H17ClN2O/c15-10-3-4-11-12(8-17-13(11)6-10)14(18)9-2-1-5-16-7-9/h3-4,6,8-9,14,16-18H,1-2,5,7H2. The lowest BCUT2D eigenvalue weighted by Crippen LogP contribution is -2.33. The fraction of sp³-hybridized carbons (Fsp3) is 0.429. The zero-order valence-corrected chi connectivity index (χ0v) is 10.9. The molecule has 2 aromatic rings. The molecule has 1 aliphatic rings. The van der Waals surface area contributed by atoms with Crippen LogP contribution in [0.25, 0.3) is 10.9 Å². The maximum Gasteiger partial charge on any atom is 0.0850 e. The molecule has 18 heavy (non-hydrogen) atoms. The van der Waals surface area contributed by atoms with Gasteiger partial charge in [0.25, 0.3) is 0 Å². The number of aromatic amines is 1. The third kappa shape index (κ3) is 2.14. The highest BCUT2D eigenvalue weighted by Gasteiger charge is 2.24. The Morgan fingerprint density at radius 1 is 1.39 bits per heavy atom. The first-order chi connectivity index (χ1) is 8.75. The van der Waals surface area contributed by atoms with Crippen LogP contribution in [0, 0.1) is 5.92 Å². The molecule has 1 aromatic heterocycles. The zero-order chi connectivity index (χ0) is 12.5. The molecule has 0 aliphatic carbocycles. The van der Waals surface area contributed by atoms with E-state index in [0.29, 0.717) is 10.9 Å². The first-order valence-corrected chi connectivity index (χ1v) is 6.79. The molecule has 3 rings (SSSR count). The number of aliphatic hydroxyl groups is 1. The lowest BCUT2D eigenvalue weighted by atomic mass is 9.89. The van der Waals surface area contributed by atoms with Crippen LogP contribution in [0.15, 0.2) is 24.4 Å². The highest BCUT2D eigenvalue weighted by Crippen LogP contribution is 2.32. The molecule has 2 atom stereocenters. The van der Waals surface area contributed by atoms with Gasteiger partial charge >= 0.3 is 0 Å². The van der Waals surface area contributed by atoms with Gasteiger partial charge in [0.15, 0.2) is 0 Å². The second kappa shape index (κ2) is 4.92. The minimum absolute atomic E-state index is 0.299. The summed E-state index contributed by atoms with van der Waals surface area (Å²) in [5.74, 6) is 0.299. The van der Waals surface area contributed by atoms with Crippen LogP contribution in [0.3, 0.4) is 0 Å². The first-order valence-electron chi connectivity index (χ1n) is 6.41. The van der Waals surface area contributed by atoms with Gasteiger partial charge in [-0.1, -0.05) is 17.7 Å². The summed E-state index contributed by atoms with van der Waals surface area (Å²) in [7, 11) is 0. The third-order valence-electron chi connectivity index (χ3n) is 3.78. The Morgan fingerprint density at radius 3 is 3.06 bits per heavy atom. The van der Waals surface area contributed by atoms with Gasteiger partial charge in [-0.3, -0.25) is 0 Å². The van der Waals surface area contributed by atoms with E-state index >= 15 is 0 Å². The van der Waals surface area contributed by atoms with E-state index in [2.05, 4.69) is 10.3 Å². The van der Waals surface area contributed by atoms with E-state index in [1.165, 1.54) is 0 Å². The van der Waals surface area contributed by atoms with E-state index in [4.69, 9.17) is 11.6 Å². The van der Waals surface area contributed by atoms with Crippen molar-refractivity contribution in [1.29, 1.82) is 0 Å². The van der Waals surface area contributed by atoms with Gasteiger partial charge in [-0.2, -0.15) is 0 Å². The molecule has 3 N–H and O–H groups in total. The van der Waals surface area contributed by atoms with Crippen LogP contribution in [0.4, 0.5) is 0 Å². The highest BCUT2D eigenvalue weighted by molar-refractivity contribution is 6.31. The largest absolute Gasteiger partial charge is 0.388 e. The molecule has 1 aromatic carbocycles. The lowest BCUT2D eigenvalue weighted by Gasteiger charge is -2.27. The topological polar surface area (TPSA) is 48.0 Å². The number of rotatable bonds is 2. The third-order valence-corrected chi connectivity index (χ3v) is 4.01. The average molecular weight is 265 g/mol. The Kier molecular flexibility index (Phi) is 3.29. The molecule has 96 valence electrons. The van der Waals surface area contributed by atoms with Crippen molar-refractivity contribution in [3.05, 3.63) is 35.0 Å². The normalized spacial score (nSPS) is 22.2. The molecule has 3 nitrogen and oxygen atoms in total. The van der Waals surface area contributed by atoms with Gasteiger partial charge in [0.1, 0.15) is 0 Å². The molecule has 4 heteroatoms. The number of benzene rings is 1. The molecule has 0 spiro atoms. The number of hydrogen-bond donors (Lipinski definition) is 3. The lowest BCUT2D eigenvalue weighted by molar-refractivity contribution is 0.0934. The summed E-state index contributed by atoms with van der Waals surface area (Å²) in [5, 5.41) is 15.6. The molecule has 1 aliphatic heterocycles. The van der Waals surface area contributed by atoms with E-state index in [9.17, 15) is 5.11 Å². The fourth-order valence-electron chi connectivity index (χ4n) is 2.77. The first kappa shape index (κ1) is 12.0. The molecular weight excluding hydrogens is 248 g/mol. The van der Waals surface area contributed by atoms with Gasteiger partial charge in [0.05, 0.1) is 6.10 Å². The van der Waals surface area contributed by atoms with Gasteiger partial charge in [-0.15, -0.1) is 0 Å². The second-order valence-corrected chi connectivity index (χ2v) is 5.42. The van der Waals surface area contributed by atoms with Crippen LogP contribution in [-0.2, 0) is 0 Å². The van der Waals surface area contributed by atoms with Gasteiger partial charge in [-0.25, -0.2) is 0 Å². The summed E-state index contributed by atoms with van der Waals surface area (Å²) in [6, 6.07) is 5.74. The monoisotopic (exact) mass is 264 g/mol. The van der Waals surface area contributed by atoms with Gasteiger partial charge in [-0.05, 0) is 31.5 Å². The van der Waals surface area contributed by atoms with Crippen LogP contribution < -0.4 is 5.32 Å². The molecule has 2 heterocycles. The Balaban J connectivity index is 1.93. The smallest absolute Gasteiger partial charge is 0.0850 e. The summed E-state index contributed by atoms with van der Waals surface area (Å²) in [6.45, 7) is 1.95. The number of aromatic nitrogens is 1. The molecular formula is C14H17ClN2O. The number of H-pyrrole nitrogens is 1. The van der Waals surface area contributed by atoms with E-state index in [-0.39, 0.29) is 0 Å². The summed E-state index contributed by atoms with van der Waals surface area (Å²) >= 11 is 5.96. The minimum atomic E-state index is -0.410. The van der Waals surface area contributed by atoms with E-state index < -0.39 is 6.10 Å². The molecule has 0 amide bonds. The van der Waals surface area contributed by atoms with Crippen molar-refractivity contribution >= 4 is 22.5 Å². The van der Waals surface area contributed by atoms with E-state index in [1.54, 1.807) is 0 Å². The Labute approximate surface area is 111 Å². The number of hydrogen-bond acceptors (Lipinski definition) is 2. The predicted octanol–water partition coefficient (Wildman–Crippen LogP) is 2.85. The van der Waals surface area contributed by atoms with Gasteiger partial charge < -0.3 is 15.4 Å². The van der Waals surface area contributed by atoms with Crippen molar-refractivity contribution in [2.24, 2.45) is 5.92 Å². The number of piperidine rings is 1. The predicted molar refractivity (Wildman–Crippen MR) is 73.9 cm³/mol. The van der Waals surface area contributed by atoms with Crippen LogP contribution in [-0.4, -0.2) is 23.2 Å². The highest BCUT2D eigenvalue weighted by atomic mass is 35.5. The molecule has 1 saturated heterocycles. The Morgan fingerprint density at radius 2 is 2.28 bits per heavy atom. The van der Waals surface area contributed by atoms with Crippen LogP contribution in [0.1, 0.15) is 24.5 Å². The molecule has 0 saturated carbocycles. The summed E-state index contributed by atoms with van der Waals surface area (Å²) in [4.78, 5) is 3.18. The maximum absolute atomic E-state index is 10.5. The number of halogens is 1. The van der Waals surface area contributed by atoms with E-state index in [1.807, 2.05) is 24.4 Å². The summed E-state index contributed by atoms with van der Waals surface area (Å²) in [5.41, 5.74) is 1.97. The van der Waals surface area contributed by atoms with Crippen LogP contribution >= 0.6 is 11.6 Å². The van der Waals surface area contributed by atoms with Crippen molar-refractivity contribution in [1.82, 2.24) is 10.3 Å². The molecule has 0 bridgehead atoms. The van der Waals surface area contributed by atoms with Crippen molar-refractivity contribution in [3.8, 4) is 0 Å². The number of aliphatic hydroxyl groups excluding tert-OH is 1. The van der Waals surface area contributed by atoms with E-state index in [0.717, 1.165) is 42.4 Å². The van der Waals surface area contributed by atoms with Crippen molar-refractivity contribution in [2.45, 2.75) is 18.9 Å².